The molecule has 4 rings (SSSR count). The molecular weight excluding hydrogens is 503 g/mol. The van der Waals surface area contributed by atoms with Gasteiger partial charge in [-0.05, 0) is 53.6 Å². The Morgan fingerprint density at radius 1 is 0.963 bits per heavy atom. The predicted molar refractivity (Wildman–Crippen MR) is 97.4 cm³/mol. The third-order valence-electron chi connectivity index (χ3n) is 4.26. The van der Waals surface area contributed by atoms with Crippen LogP contribution in [-0.4, -0.2) is 22.2 Å². The highest BCUT2D eigenvalue weighted by atomic mass is 127. The molecule has 3 aromatic rings. The highest BCUT2D eigenvalue weighted by Gasteiger charge is 2.41. The normalized spacial score (nSPS) is 14.9. The minimum Gasteiger partial charge on any atom is -0.253 e. The van der Waals surface area contributed by atoms with Gasteiger partial charge in [-0.3, -0.25) is 4.57 Å². The van der Waals surface area contributed by atoms with Gasteiger partial charge < -0.3 is 0 Å². The zero-order valence-electron chi connectivity index (χ0n) is 13.2. The first kappa shape index (κ1) is 18.5. The second-order valence-electron chi connectivity index (χ2n) is 6.07. The molecule has 1 aromatic heterocycles. The number of hydrogen-bond acceptors (Lipinski definition) is 3. The van der Waals surface area contributed by atoms with Gasteiger partial charge >= 0.3 is 5.69 Å². The molecule has 0 amide bonds. The second-order valence-corrected chi connectivity index (χ2v) is 9.38. The van der Waals surface area contributed by atoms with Gasteiger partial charge in [0, 0.05) is 9.64 Å². The van der Waals surface area contributed by atoms with Crippen molar-refractivity contribution in [3.63, 3.8) is 0 Å². The predicted octanol–water partition coefficient (Wildman–Crippen LogP) is 3.29. The molecule has 0 radical (unpaired) electrons. The molecule has 0 bridgehead atoms. The fourth-order valence-electron chi connectivity index (χ4n) is 2.89. The van der Waals surface area contributed by atoms with Crippen LogP contribution in [-0.2, 0) is 10.0 Å². The van der Waals surface area contributed by atoms with Gasteiger partial charge in [-0.2, -0.15) is 3.97 Å². The first-order valence-corrected chi connectivity index (χ1v) is 10.2. The lowest BCUT2D eigenvalue weighted by atomic mass is 10.2. The zero-order chi connectivity index (χ0) is 19.7. The van der Waals surface area contributed by atoms with E-state index >= 15 is 0 Å². The van der Waals surface area contributed by atoms with E-state index in [1.807, 2.05) is 0 Å². The molecule has 0 unspecified atom stereocenters. The molecule has 1 fully saturated rings. The van der Waals surface area contributed by atoms with Crippen molar-refractivity contribution >= 4 is 43.6 Å². The Morgan fingerprint density at radius 2 is 1.63 bits per heavy atom. The summed E-state index contributed by atoms with van der Waals surface area (Å²) in [5.74, 6) is -5.68. The Kier molecular flexibility index (Phi) is 4.14. The van der Waals surface area contributed by atoms with E-state index in [0.29, 0.717) is 8.14 Å². The van der Waals surface area contributed by atoms with E-state index in [4.69, 9.17) is 0 Å². The molecule has 0 N–H and O–H groups in total. The van der Waals surface area contributed by atoms with Gasteiger partial charge in [0.25, 0.3) is 0 Å². The number of benzene rings is 2. The summed E-state index contributed by atoms with van der Waals surface area (Å²) in [5, 5.41) is -0.927. The third kappa shape index (κ3) is 2.70. The van der Waals surface area contributed by atoms with Gasteiger partial charge in [-0.25, -0.2) is 30.8 Å². The van der Waals surface area contributed by atoms with Crippen LogP contribution in [0.5, 0.6) is 0 Å². The maximum Gasteiger partial charge on any atom is 0.347 e. The van der Waals surface area contributed by atoms with Crippen LogP contribution in [0.4, 0.5) is 17.6 Å². The molecular formula is C16H9F4IN2O3S. The fraction of sp³-hybridized carbons (Fsp3) is 0.188. The Bertz CT molecular complexity index is 1280. The van der Waals surface area contributed by atoms with Crippen molar-refractivity contribution in [1.82, 2.24) is 8.54 Å². The lowest BCUT2D eigenvalue weighted by Gasteiger charge is -2.06. The maximum atomic E-state index is 14.5. The molecule has 0 atom stereocenters. The summed E-state index contributed by atoms with van der Waals surface area (Å²) in [5.41, 5.74) is -3.81. The lowest BCUT2D eigenvalue weighted by Crippen LogP contribution is -2.31. The highest BCUT2D eigenvalue weighted by Crippen LogP contribution is 2.33. The Labute approximate surface area is 163 Å². The largest absolute Gasteiger partial charge is 0.347 e. The smallest absolute Gasteiger partial charge is 0.253 e. The number of aromatic nitrogens is 2. The molecule has 0 aliphatic heterocycles. The Hall–Kier alpha value is -1.89. The molecule has 0 spiro atoms. The Morgan fingerprint density at radius 3 is 2.22 bits per heavy atom. The number of halogens is 5. The molecule has 142 valence electrons. The number of imidazole rings is 1. The minimum absolute atomic E-state index is 0.106. The van der Waals surface area contributed by atoms with Gasteiger partial charge in [0.2, 0.25) is 10.0 Å². The van der Waals surface area contributed by atoms with Crippen molar-refractivity contribution < 1.29 is 26.0 Å². The van der Waals surface area contributed by atoms with Crippen LogP contribution >= 0.6 is 22.6 Å². The van der Waals surface area contributed by atoms with E-state index in [1.54, 1.807) is 22.6 Å². The van der Waals surface area contributed by atoms with Crippen molar-refractivity contribution in [2.45, 2.75) is 18.1 Å². The van der Waals surface area contributed by atoms with Gasteiger partial charge in [0.05, 0.1) is 10.9 Å². The summed E-state index contributed by atoms with van der Waals surface area (Å²) in [4.78, 5) is 12.8. The quantitative estimate of drug-likeness (QED) is 0.308. The van der Waals surface area contributed by atoms with E-state index in [-0.39, 0.29) is 22.9 Å². The maximum absolute atomic E-state index is 14.5. The van der Waals surface area contributed by atoms with E-state index in [1.165, 1.54) is 6.07 Å². The topological polar surface area (TPSA) is 61.1 Å². The van der Waals surface area contributed by atoms with Gasteiger partial charge in [0.1, 0.15) is 16.9 Å². The monoisotopic (exact) mass is 512 g/mol. The summed E-state index contributed by atoms with van der Waals surface area (Å²) in [6.07, 6.45) is 0.509. The molecule has 11 heteroatoms. The number of nitrogens with zero attached hydrogens (tertiary/aromatic N) is 2. The van der Waals surface area contributed by atoms with Crippen molar-refractivity contribution in [3.8, 4) is 5.69 Å². The summed E-state index contributed by atoms with van der Waals surface area (Å²) in [7, 11) is -4.35. The van der Waals surface area contributed by atoms with Gasteiger partial charge in [-0.15, -0.1) is 0 Å². The van der Waals surface area contributed by atoms with Crippen molar-refractivity contribution in [3.05, 3.63) is 61.6 Å². The number of fused-ring (bicyclic) bond motifs is 1. The van der Waals surface area contributed by atoms with Crippen molar-refractivity contribution in [2.24, 2.45) is 0 Å². The average Bonchev–Trinajstić information content (AvgIpc) is 3.38. The molecule has 2 aromatic carbocycles. The van der Waals surface area contributed by atoms with Crippen LogP contribution in [0.25, 0.3) is 16.7 Å². The summed E-state index contributed by atoms with van der Waals surface area (Å²) < 4.78 is 83.3. The minimum atomic E-state index is -4.35. The van der Waals surface area contributed by atoms with E-state index in [9.17, 15) is 30.8 Å². The molecule has 1 saturated carbocycles. The summed E-state index contributed by atoms with van der Waals surface area (Å²) in [6.45, 7) is 0. The molecule has 0 saturated heterocycles. The second kappa shape index (κ2) is 6.06. The molecule has 5 nitrogen and oxygen atoms in total. The third-order valence-corrected chi connectivity index (χ3v) is 7.10. The Balaban J connectivity index is 2.23. The van der Waals surface area contributed by atoms with Crippen LogP contribution in [0.15, 0.2) is 29.1 Å². The molecule has 1 heterocycles. The molecule has 1 aliphatic carbocycles. The number of rotatable bonds is 3. The lowest BCUT2D eigenvalue weighted by molar-refractivity contribution is 0.502. The molecule has 27 heavy (non-hydrogen) atoms. The van der Waals surface area contributed by atoms with Gasteiger partial charge in [0.15, 0.2) is 17.5 Å². The van der Waals surface area contributed by atoms with Crippen LogP contribution in [0.1, 0.15) is 12.8 Å². The fourth-order valence-corrected chi connectivity index (χ4v) is 5.10. The summed E-state index contributed by atoms with van der Waals surface area (Å²) >= 11 is 1.80. The SMILES string of the molecule is O=c1n(-c2ccc(I)cc2F)c2c(F)c(F)cc(F)c2n1S(=O)(=O)C1CC1. The van der Waals surface area contributed by atoms with Crippen LogP contribution in [0.2, 0.25) is 0 Å². The van der Waals surface area contributed by atoms with E-state index < -0.39 is 61.0 Å². The number of hydrogen-bond donors (Lipinski definition) is 0. The van der Waals surface area contributed by atoms with Crippen LogP contribution in [0.3, 0.4) is 0 Å². The standard InChI is InChI=1S/C16H9F4IN2O3S/c17-9-5-7(21)1-4-12(9)22-15-13(20)10(18)6-11(19)14(15)23(16(22)24)27(25,26)8-2-3-8/h1,4-6,8H,2-3H2. The van der Waals surface area contributed by atoms with Crippen molar-refractivity contribution in [1.29, 1.82) is 0 Å². The first-order chi connectivity index (χ1) is 12.6. The van der Waals surface area contributed by atoms with Crippen LogP contribution in [0, 0.1) is 26.8 Å². The zero-order valence-corrected chi connectivity index (χ0v) is 16.2. The first-order valence-electron chi connectivity index (χ1n) is 7.65. The summed E-state index contributed by atoms with van der Waals surface area (Å²) in [6, 6.07) is 3.67. The highest BCUT2D eigenvalue weighted by molar-refractivity contribution is 14.1. The van der Waals surface area contributed by atoms with E-state index in [0.717, 1.165) is 12.1 Å². The molecule has 1 aliphatic rings. The average molecular weight is 512 g/mol. The van der Waals surface area contributed by atoms with Crippen molar-refractivity contribution in [2.75, 3.05) is 0 Å². The van der Waals surface area contributed by atoms with E-state index in [2.05, 4.69) is 0 Å². The van der Waals surface area contributed by atoms with Crippen LogP contribution < -0.4 is 5.69 Å². The van der Waals surface area contributed by atoms with Gasteiger partial charge in [-0.1, -0.05) is 0 Å².